The fourth-order valence-electron chi connectivity index (χ4n) is 5.33. The van der Waals surface area contributed by atoms with E-state index in [1.807, 2.05) is 19.1 Å². The van der Waals surface area contributed by atoms with Crippen LogP contribution in [0.25, 0.3) is 0 Å². The second-order valence-corrected chi connectivity index (χ2v) is 11.6. The Labute approximate surface area is 223 Å². The second-order valence-electron chi connectivity index (χ2n) is 9.44. The molecule has 2 bridgehead atoms. The van der Waals surface area contributed by atoms with Gasteiger partial charge in [-0.3, -0.25) is 19.3 Å². The summed E-state index contributed by atoms with van der Waals surface area (Å²) < 4.78 is 37.8. The van der Waals surface area contributed by atoms with Gasteiger partial charge < -0.3 is 14.7 Å². The number of rotatable bonds is 1. The topological polar surface area (TPSA) is 75.0 Å². The minimum absolute atomic E-state index is 0.0207. The number of aromatic hydroxyl groups is 1. The molecule has 3 aliphatic rings. The zero-order valence-electron chi connectivity index (χ0n) is 19.7. The fraction of sp³-hybridized carbons (Fsp3) is 0.308. The lowest BCUT2D eigenvalue weighted by Gasteiger charge is -2.53. The third-order valence-electron chi connectivity index (χ3n) is 7.39. The molecule has 0 saturated heterocycles. The van der Waals surface area contributed by atoms with Crippen LogP contribution in [0.2, 0.25) is 0 Å². The molecule has 1 N–H and O–H groups in total. The van der Waals surface area contributed by atoms with E-state index in [2.05, 4.69) is 15.9 Å². The second kappa shape index (κ2) is 8.70. The normalized spacial score (nSPS) is 21.0. The number of ether oxygens (including phenoxy) is 1. The third-order valence-corrected chi connectivity index (χ3v) is 9.58. The zero-order chi connectivity index (χ0) is 26.1. The summed E-state index contributed by atoms with van der Waals surface area (Å²) in [6.45, 7) is 1.99. The molecule has 0 radical (unpaired) electrons. The molecule has 3 aromatic rings. The van der Waals surface area contributed by atoms with E-state index in [0.29, 0.717) is 18.4 Å². The number of aromatic nitrogens is 1. The van der Waals surface area contributed by atoms with Crippen LogP contribution in [0.3, 0.4) is 0 Å². The van der Waals surface area contributed by atoms with Gasteiger partial charge >= 0.3 is 0 Å². The van der Waals surface area contributed by atoms with Gasteiger partial charge in [-0.15, -0.1) is 11.3 Å². The maximum atomic E-state index is 15.2. The summed E-state index contributed by atoms with van der Waals surface area (Å²) in [4.78, 5) is 29.6. The molecule has 6 rings (SSSR count). The van der Waals surface area contributed by atoms with Crippen LogP contribution in [0.15, 0.2) is 51.9 Å². The highest BCUT2D eigenvalue weighted by Crippen LogP contribution is 2.46. The Balaban J connectivity index is 1.68. The minimum atomic E-state index is -1.10. The highest BCUT2D eigenvalue weighted by atomic mass is 79.9. The first kappa shape index (κ1) is 24.2. The monoisotopic (exact) mass is 589 g/mol. The van der Waals surface area contributed by atoms with Crippen LogP contribution >= 0.6 is 27.3 Å². The lowest BCUT2D eigenvalue weighted by Crippen LogP contribution is -2.64. The number of hydrogen-bond acceptors (Lipinski definition) is 6. The predicted molar refractivity (Wildman–Crippen MR) is 138 cm³/mol. The first-order valence-corrected chi connectivity index (χ1v) is 13.4. The Morgan fingerprint density at radius 2 is 2.00 bits per heavy atom. The van der Waals surface area contributed by atoms with Crippen LogP contribution in [-0.2, 0) is 0 Å². The minimum Gasteiger partial charge on any atom is -0.502 e. The standard InChI is InChI=1S/C26H22BrF2N3O4S/c1-14-16(27)12-19(37-14)21-15-4-5-17(28)20(29)24(15)36-11-3-9-26(7-2-8-26)30-13-32(21)31-10-6-18(33)23(34)22(31)25(30)35/h3-6,9-10,12,21,34H,2,7-8,11,13H2,1H3/b9-3+. The molecule has 11 heteroatoms. The number of thiophene rings is 1. The molecule has 192 valence electrons. The van der Waals surface area contributed by atoms with E-state index < -0.39 is 40.3 Å². The van der Waals surface area contributed by atoms with Crippen LogP contribution in [-0.4, -0.2) is 39.4 Å². The fourth-order valence-corrected chi connectivity index (χ4v) is 7.02. The molecular formula is C26H22BrF2N3O4S. The van der Waals surface area contributed by atoms with Crippen LogP contribution in [0.4, 0.5) is 8.78 Å². The number of halogens is 3. The number of amides is 1. The average molecular weight is 590 g/mol. The number of hydrogen-bond donors (Lipinski definition) is 1. The Morgan fingerprint density at radius 1 is 1.22 bits per heavy atom. The molecule has 1 unspecified atom stereocenters. The Morgan fingerprint density at radius 3 is 2.68 bits per heavy atom. The van der Waals surface area contributed by atoms with Crippen molar-refractivity contribution in [3.8, 4) is 11.5 Å². The van der Waals surface area contributed by atoms with Crippen molar-refractivity contribution >= 4 is 33.2 Å². The van der Waals surface area contributed by atoms with E-state index in [9.17, 15) is 19.1 Å². The SMILES string of the molecule is Cc1sc(C2c3ccc(F)c(F)c3OC/C=C/C3(CCC3)N3CN2n2ccc(=O)c(O)c2C3=O)cc1Br. The molecule has 1 aromatic carbocycles. The Bertz CT molecular complexity index is 1510. The molecule has 37 heavy (non-hydrogen) atoms. The van der Waals surface area contributed by atoms with Gasteiger partial charge in [-0.1, -0.05) is 6.08 Å². The number of nitrogens with zero attached hydrogens (tertiary/aromatic N) is 3. The first-order chi connectivity index (χ1) is 17.7. The van der Waals surface area contributed by atoms with Crippen LogP contribution in [0.5, 0.6) is 11.5 Å². The molecule has 4 heterocycles. The van der Waals surface area contributed by atoms with Gasteiger partial charge in [0.25, 0.3) is 5.91 Å². The van der Waals surface area contributed by atoms with Gasteiger partial charge in [0.1, 0.15) is 19.3 Å². The summed E-state index contributed by atoms with van der Waals surface area (Å²) in [6.07, 6.45) is 7.27. The molecule has 1 amide bonds. The molecule has 7 nitrogen and oxygen atoms in total. The smallest absolute Gasteiger partial charge is 0.278 e. The summed E-state index contributed by atoms with van der Waals surface area (Å²) in [5.74, 6) is -3.48. The van der Waals surface area contributed by atoms with Gasteiger partial charge in [0.05, 0.1) is 5.54 Å². The van der Waals surface area contributed by atoms with Gasteiger partial charge in [0.15, 0.2) is 23.0 Å². The Kier molecular flexibility index (Phi) is 5.68. The largest absolute Gasteiger partial charge is 0.502 e. The van der Waals surface area contributed by atoms with Gasteiger partial charge in [-0.2, -0.15) is 4.39 Å². The van der Waals surface area contributed by atoms with Gasteiger partial charge in [-0.05, 0) is 66.4 Å². The highest BCUT2D eigenvalue weighted by molar-refractivity contribution is 9.10. The lowest BCUT2D eigenvalue weighted by molar-refractivity contribution is 0.0256. The quantitative estimate of drug-likeness (QED) is 0.405. The van der Waals surface area contributed by atoms with Gasteiger partial charge in [0.2, 0.25) is 11.2 Å². The maximum Gasteiger partial charge on any atom is 0.278 e. The van der Waals surface area contributed by atoms with Crippen molar-refractivity contribution in [2.24, 2.45) is 0 Å². The van der Waals surface area contributed by atoms with Crippen molar-refractivity contribution in [1.82, 2.24) is 9.58 Å². The van der Waals surface area contributed by atoms with Crippen LogP contribution in [0.1, 0.15) is 51.1 Å². The van der Waals surface area contributed by atoms with Gasteiger partial charge in [-0.25, -0.2) is 4.39 Å². The number of pyridine rings is 1. The summed E-state index contributed by atoms with van der Waals surface area (Å²) in [5, 5.41) is 12.6. The zero-order valence-corrected chi connectivity index (χ0v) is 22.1. The number of fused-ring (bicyclic) bond motifs is 6. The van der Waals surface area contributed by atoms with Crippen molar-refractivity contribution in [2.45, 2.75) is 37.8 Å². The van der Waals surface area contributed by atoms with E-state index in [1.54, 1.807) is 16.0 Å². The van der Waals surface area contributed by atoms with E-state index in [1.165, 1.54) is 34.3 Å². The van der Waals surface area contributed by atoms with Crippen molar-refractivity contribution < 1.29 is 23.4 Å². The van der Waals surface area contributed by atoms with E-state index >= 15 is 4.39 Å². The average Bonchev–Trinajstić information content (AvgIpc) is 3.16. The molecule has 1 atom stereocenters. The molecule has 1 saturated carbocycles. The van der Waals surface area contributed by atoms with E-state index in [-0.39, 0.29) is 24.7 Å². The Hall–Kier alpha value is -3.18. The predicted octanol–water partition coefficient (Wildman–Crippen LogP) is 4.98. The number of benzene rings is 1. The van der Waals surface area contributed by atoms with Crippen LogP contribution < -0.4 is 15.2 Å². The van der Waals surface area contributed by atoms with Crippen molar-refractivity contribution in [3.05, 3.63) is 90.0 Å². The maximum absolute atomic E-state index is 15.2. The van der Waals surface area contributed by atoms with Crippen LogP contribution in [0, 0.1) is 18.6 Å². The van der Waals surface area contributed by atoms with E-state index in [4.69, 9.17) is 4.74 Å². The number of aryl methyl sites for hydroxylation is 1. The van der Waals surface area contributed by atoms with E-state index in [0.717, 1.165) is 26.7 Å². The summed E-state index contributed by atoms with van der Waals surface area (Å²) in [7, 11) is 0. The summed E-state index contributed by atoms with van der Waals surface area (Å²) >= 11 is 5.01. The van der Waals surface area contributed by atoms with Crippen molar-refractivity contribution in [2.75, 3.05) is 18.3 Å². The summed E-state index contributed by atoms with van der Waals surface area (Å²) in [5.41, 5.74) is -1.14. The van der Waals surface area contributed by atoms with Crippen molar-refractivity contribution in [1.29, 1.82) is 0 Å². The first-order valence-electron chi connectivity index (χ1n) is 11.8. The lowest BCUT2D eigenvalue weighted by atomic mass is 9.74. The molecule has 2 aromatic heterocycles. The summed E-state index contributed by atoms with van der Waals surface area (Å²) in [6, 6.07) is 4.87. The van der Waals surface area contributed by atoms with Crippen molar-refractivity contribution in [3.63, 3.8) is 0 Å². The molecule has 1 spiro atoms. The number of carbonyl (C=O) groups excluding carboxylic acids is 1. The highest BCUT2D eigenvalue weighted by Gasteiger charge is 2.49. The molecule has 1 aliphatic carbocycles. The molecule has 1 fully saturated rings. The number of carbonyl (C=O) groups is 1. The molecule has 2 aliphatic heterocycles. The molecular weight excluding hydrogens is 568 g/mol. The van der Waals surface area contributed by atoms with Gasteiger partial charge in [0, 0.05) is 32.1 Å². The third kappa shape index (κ3) is 3.62.